The lowest BCUT2D eigenvalue weighted by atomic mass is 10.2. The molecular weight excluding hydrogens is 378 g/mol. The van der Waals surface area contributed by atoms with Crippen molar-refractivity contribution in [2.75, 3.05) is 5.32 Å². The fourth-order valence-electron chi connectivity index (χ4n) is 1.42. The molecule has 0 aliphatic rings. The minimum absolute atomic E-state index is 0.316. The summed E-state index contributed by atoms with van der Waals surface area (Å²) in [5.41, 5.74) is 7.28. The number of nitrogens with two attached hydrogens (primary N) is 1. The van der Waals surface area contributed by atoms with E-state index in [-0.39, 0.29) is 0 Å². The summed E-state index contributed by atoms with van der Waals surface area (Å²) in [6, 6.07) is 9.47. The maximum Gasteiger partial charge on any atom is 0.140 e. The zero-order valence-corrected chi connectivity index (χ0v) is 13.1. The second-order valence-corrected chi connectivity index (χ2v) is 5.72. The predicted octanol–water partition coefficient (Wildman–Crippen LogP) is 3.98. The van der Waals surface area contributed by atoms with Crippen molar-refractivity contribution in [3.05, 3.63) is 51.0 Å². The van der Waals surface area contributed by atoms with Crippen molar-refractivity contribution in [1.29, 1.82) is 0 Å². The van der Waals surface area contributed by atoms with Gasteiger partial charge in [-0.05, 0) is 46.3 Å². The minimum atomic E-state index is 0.316. The van der Waals surface area contributed by atoms with Gasteiger partial charge in [-0.15, -0.1) is 0 Å². The van der Waals surface area contributed by atoms with Gasteiger partial charge in [-0.25, -0.2) is 4.98 Å². The summed E-state index contributed by atoms with van der Waals surface area (Å²) in [5, 5.41) is 3.21. The van der Waals surface area contributed by atoms with Gasteiger partial charge in [0.2, 0.25) is 0 Å². The summed E-state index contributed by atoms with van der Waals surface area (Å²) < 4.78 is 1.91. The Balaban J connectivity index is 2.40. The third-order valence-electron chi connectivity index (χ3n) is 2.25. The van der Waals surface area contributed by atoms with Crippen molar-refractivity contribution in [2.24, 2.45) is 5.73 Å². The van der Waals surface area contributed by atoms with Gasteiger partial charge in [-0.2, -0.15) is 0 Å². The van der Waals surface area contributed by atoms with Crippen LogP contribution in [0, 0.1) is 0 Å². The average Bonchev–Trinajstić information content (AvgIpc) is 2.34. The summed E-state index contributed by atoms with van der Waals surface area (Å²) >= 11 is 11.9. The fourth-order valence-corrected chi connectivity index (χ4v) is 2.30. The van der Waals surface area contributed by atoms with Crippen LogP contribution in [0.4, 0.5) is 11.5 Å². The number of nitrogens with zero attached hydrogens (tertiary/aromatic N) is 1. The molecule has 0 fully saturated rings. The van der Waals surface area contributed by atoms with Crippen LogP contribution in [0.15, 0.2) is 45.5 Å². The van der Waals surface area contributed by atoms with E-state index < -0.39 is 0 Å². The number of benzene rings is 1. The smallest absolute Gasteiger partial charge is 0.140 e. The number of rotatable bonds is 3. The minimum Gasteiger partial charge on any atom is -0.389 e. The highest BCUT2D eigenvalue weighted by molar-refractivity contribution is 9.11. The highest BCUT2D eigenvalue weighted by Crippen LogP contribution is 2.29. The molecule has 18 heavy (non-hydrogen) atoms. The monoisotopic (exact) mass is 385 g/mol. The number of halogens is 2. The first kappa shape index (κ1) is 13.5. The van der Waals surface area contributed by atoms with E-state index in [0.717, 1.165) is 20.2 Å². The molecule has 0 amide bonds. The molecule has 1 aromatic heterocycles. The van der Waals surface area contributed by atoms with E-state index in [9.17, 15) is 0 Å². The standard InChI is InChI=1S/C12H9Br2N3S/c13-7-3-4-9(14)10(6-7)17-12-8(11(15)18)2-1-5-16-12/h1-6H,(H2,15,18)(H,16,17). The van der Waals surface area contributed by atoms with Gasteiger partial charge in [-0.1, -0.05) is 28.1 Å². The molecule has 0 bridgehead atoms. The quantitative estimate of drug-likeness (QED) is 0.783. The molecule has 6 heteroatoms. The first-order valence-electron chi connectivity index (χ1n) is 5.05. The highest BCUT2D eigenvalue weighted by atomic mass is 79.9. The maximum absolute atomic E-state index is 5.67. The number of hydrogen-bond acceptors (Lipinski definition) is 3. The van der Waals surface area contributed by atoms with Crippen molar-refractivity contribution in [3.63, 3.8) is 0 Å². The molecule has 2 rings (SSSR count). The Morgan fingerprint density at radius 1 is 1.28 bits per heavy atom. The lowest BCUT2D eigenvalue weighted by Crippen LogP contribution is -2.12. The molecule has 1 aromatic carbocycles. The summed E-state index contributed by atoms with van der Waals surface area (Å²) in [6.45, 7) is 0. The Morgan fingerprint density at radius 2 is 2.06 bits per heavy atom. The molecule has 3 N–H and O–H groups in total. The van der Waals surface area contributed by atoms with Crippen molar-refractivity contribution in [2.45, 2.75) is 0 Å². The summed E-state index contributed by atoms with van der Waals surface area (Å²) in [4.78, 5) is 4.57. The lowest BCUT2D eigenvalue weighted by molar-refractivity contribution is 1.29. The number of hydrogen-bond donors (Lipinski definition) is 2. The second kappa shape index (κ2) is 5.77. The van der Waals surface area contributed by atoms with E-state index in [4.69, 9.17) is 18.0 Å². The van der Waals surface area contributed by atoms with Crippen molar-refractivity contribution in [3.8, 4) is 0 Å². The number of pyridine rings is 1. The molecule has 0 unspecified atom stereocenters. The topological polar surface area (TPSA) is 50.9 Å². The third-order valence-corrected chi connectivity index (χ3v) is 3.66. The van der Waals surface area contributed by atoms with E-state index in [0.29, 0.717) is 10.8 Å². The van der Waals surface area contributed by atoms with Crippen molar-refractivity contribution < 1.29 is 0 Å². The molecule has 0 saturated heterocycles. The largest absolute Gasteiger partial charge is 0.389 e. The van der Waals surface area contributed by atoms with E-state index >= 15 is 0 Å². The Morgan fingerprint density at radius 3 is 2.78 bits per heavy atom. The molecular formula is C12H9Br2N3S. The van der Waals surface area contributed by atoms with E-state index in [1.165, 1.54) is 0 Å². The normalized spacial score (nSPS) is 10.1. The van der Waals surface area contributed by atoms with Crippen LogP contribution in [-0.4, -0.2) is 9.97 Å². The summed E-state index contributed by atoms with van der Waals surface area (Å²) in [7, 11) is 0. The molecule has 1 heterocycles. The summed E-state index contributed by atoms with van der Waals surface area (Å²) in [5.74, 6) is 0.642. The van der Waals surface area contributed by atoms with Crippen molar-refractivity contribution >= 4 is 60.6 Å². The van der Waals surface area contributed by atoms with E-state index in [1.54, 1.807) is 12.3 Å². The second-order valence-electron chi connectivity index (χ2n) is 3.51. The van der Waals surface area contributed by atoms with Gasteiger partial charge in [-0.3, -0.25) is 0 Å². The van der Waals surface area contributed by atoms with Gasteiger partial charge in [0.25, 0.3) is 0 Å². The molecule has 0 spiro atoms. The third kappa shape index (κ3) is 3.07. The molecule has 3 nitrogen and oxygen atoms in total. The number of thiocarbonyl (C=S) groups is 1. The van der Waals surface area contributed by atoms with Gasteiger partial charge < -0.3 is 11.1 Å². The van der Waals surface area contributed by atoms with Crippen LogP contribution in [0.3, 0.4) is 0 Å². The Labute approximate surface area is 127 Å². The van der Waals surface area contributed by atoms with Crippen LogP contribution in [-0.2, 0) is 0 Å². The zero-order valence-electron chi connectivity index (χ0n) is 9.15. The first-order valence-corrected chi connectivity index (χ1v) is 7.04. The van der Waals surface area contributed by atoms with Crippen LogP contribution < -0.4 is 11.1 Å². The van der Waals surface area contributed by atoms with Crippen LogP contribution in [0.1, 0.15) is 5.56 Å². The maximum atomic E-state index is 5.67. The Kier molecular flexibility index (Phi) is 4.31. The van der Waals surface area contributed by atoms with Gasteiger partial charge in [0.15, 0.2) is 0 Å². The molecule has 0 aliphatic carbocycles. The number of aromatic nitrogens is 1. The average molecular weight is 387 g/mol. The summed E-state index contributed by atoms with van der Waals surface area (Å²) in [6.07, 6.45) is 1.69. The van der Waals surface area contributed by atoms with Crippen LogP contribution in [0.2, 0.25) is 0 Å². The zero-order chi connectivity index (χ0) is 13.1. The molecule has 0 radical (unpaired) electrons. The Hall–Kier alpha value is -0.980. The predicted molar refractivity (Wildman–Crippen MR) is 85.2 cm³/mol. The Bertz CT molecular complexity index is 602. The van der Waals surface area contributed by atoms with Crippen LogP contribution >= 0.6 is 44.1 Å². The van der Waals surface area contributed by atoms with Gasteiger partial charge in [0.05, 0.1) is 11.3 Å². The molecule has 0 saturated carbocycles. The lowest BCUT2D eigenvalue weighted by Gasteiger charge is -2.11. The fraction of sp³-hybridized carbons (Fsp3) is 0. The molecule has 0 atom stereocenters. The van der Waals surface area contributed by atoms with Gasteiger partial charge in [0, 0.05) is 15.1 Å². The van der Waals surface area contributed by atoms with E-state index in [1.807, 2.05) is 24.3 Å². The molecule has 2 aromatic rings. The number of nitrogens with one attached hydrogen (secondary N) is 1. The highest BCUT2D eigenvalue weighted by Gasteiger charge is 2.08. The molecule has 0 aliphatic heterocycles. The van der Waals surface area contributed by atoms with Crippen LogP contribution in [0.5, 0.6) is 0 Å². The first-order chi connectivity index (χ1) is 8.58. The van der Waals surface area contributed by atoms with Gasteiger partial charge >= 0.3 is 0 Å². The molecule has 92 valence electrons. The van der Waals surface area contributed by atoms with Crippen LogP contribution in [0.25, 0.3) is 0 Å². The van der Waals surface area contributed by atoms with E-state index in [2.05, 4.69) is 42.2 Å². The van der Waals surface area contributed by atoms with Gasteiger partial charge in [0.1, 0.15) is 10.8 Å². The number of anilines is 2. The van der Waals surface area contributed by atoms with Crippen molar-refractivity contribution in [1.82, 2.24) is 4.98 Å². The SMILES string of the molecule is NC(=S)c1cccnc1Nc1cc(Br)ccc1Br.